The van der Waals surface area contributed by atoms with Crippen LogP contribution in [0.2, 0.25) is 0 Å². The van der Waals surface area contributed by atoms with Gasteiger partial charge in [0.15, 0.2) is 6.10 Å². The molecule has 0 bridgehead atoms. The summed E-state index contributed by atoms with van der Waals surface area (Å²) < 4.78 is 29.1. The van der Waals surface area contributed by atoms with E-state index < -0.39 is 26.0 Å². The van der Waals surface area contributed by atoms with Crippen molar-refractivity contribution >= 4 is 13.8 Å². The monoisotopic (exact) mass is 548 g/mol. The van der Waals surface area contributed by atoms with E-state index in [1.165, 1.54) is 5.57 Å². The van der Waals surface area contributed by atoms with Crippen molar-refractivity contribution in [3.8, 4) is 11.5 Å². The minimum absolute atomic E-state index is 0.0843. The number of esters is 1. The molecule has 0 aliphatic heterocycles. The van der Waals surface area contributed by atoms with Crippen LogP contribution in [0.4, 0.5) is 0 Å². The number of phosphoric acid groups is 1. The molecule has 3 rings (SSSR count). The lowest BCUT2D eigenvalue weighted by atomic mass is 9.73. The average molecular weight is 549 g/mol. The summed E-state index contributed by atoms with van der Waals surface area (Å²) in [7, 11) is -4.47. The van der Waals surface area contributed by atoms with Gasteiger partial charge in [-0.2, -0.15) is 0 Å². The number of allylic oxidation sites excluding steroid dienone is 3. The van der Waals surface area contributed by atoms with E-state index in [-0.39, 0.29) is 29.3 Å². The summed E-state index contributed by atoms with van der Waals surface area (Å²) in [6.45, 7) is 13.6. The molecule has 7 nitrogen and oxygen atoms in total. The number of aromatic hydroxyl groups is 1. The van der Waals surface area contributed by atoms with Crippen molar-refractivity contribution in [2.24, 2.45) is 11.8 Å². The Bertz CT molecular complexity index is 1070. The summed E-state index contributed by atoms with van der Waals surface area (Å²) in [5, 5.41) is 11.3. The fourth-order valence-electron chi connectivity index (χ4n) is 5.38. The second-order valence-electron chi connectivity index (χ2n) is 11.3. The van der Waals surface area contributed by atoms with E-state index in [1.54, 1.807) is 19.9 Å². The number of carbonyl (C=O) groups excluding carboxylic acids is 1. The van der Waals surface area contributed by atoms with Gasteiger partial charge in [-0.3, -0.25) is 9.05 Å². The van der Waals surface area contributed by atoms with Crippen LogP contribution >= 0.6 is 7.82 Å². The van der Waals surface area contributed by atoms with E-state index in [0.29, 0.717) is 18.4 Å². The Kier molecular flexibility index (Phi) is 10.8. The Hall–Kier alpha value is -1.92. The van der Waals surface area contributed by atoms with Crippen LogP contribution in [0.15, 0.2) is 35.9 Å². The van der Waals surface area contributed by atoms with E-state index in [4.69, 9.17) is 13.8 Å². The zero-order valence-electron chi connectivity index (χ0n) is 23.6. The van der Waals surface area contributed by atoms with Gasteiger partial charge in [0, 0.05) is 11.5 Å². The average Bonchev–Trinajstić information content (AvgIpc) is 2.76. The number of benzene rings is 1. The molecule has 212 valence electrons. The first-order chi connectivity index (χ1) is 17.9. The summed E-state index contributed by atoms with van der Waals surface area (Å²) in [5.41, 5.74) is 3.63. The van der Waals surface area contributed by atoms with Gasteiger partial charge < -0.3 is 14.7 Å². The van der Waals surface area contributed by atoms with Gasteiger partial charge in [0.05, 0.1) is 6.10 Å². The molecule has 0 aromatic heterocycles. The first kappa shape index (κ1) is 30.6. The van der Waals surface area contributed by atoms with E-state index in [9.17, 15) is 19.4 Å². The summed E-state index contributed by atoms with van der Waals surface area (Å²) >= 11 is 0. The first-order valence-electron chi connectivity index (χ1n) is 14.0. The predicted octanol–water partition coefficient (Wildman–Crippen LogP) is 7.76. The van der Waals surface area contributed by atoms with Crippen LogP contribution in [0, 0.1) is 11.8 Å². The largest absolute Gasteiger partial charge is 0.507 e. The van der Waals surface area contributed by atoms with Gasteiger partial charge in [-0.1, -0.05) is 50.0 Å². The van der Waals surface area contributed by atoms with Gasteiger partial charge in [0.2, 0.25) is 0 Å². The van der Waals surface area contributed by atoms with E-state index in [2.05, 4.69) is 26.5 Å². The molecule has 1 saturated carbocycles. The number of ether oxygens (including phenoxy) is 1. The van der Waals surface area contributed by atoms with E-state index in [1.807, 2.05) is 13.0 Å². The Labute approximate surface area is 227 Å². The number of aryl methyl sites for hydroxylation is 1. The maximum Gasteiger partial charge on any atom is 0.473 e. The summed E-state index contributed by atoms with van der Waals surface area (Å²) in [6.07, 6.45) is 8.29. The number of unbranched alkanes of at least 4 members (excludes halogenated alkanes) is 2. The first-order valence-corrected chi connectivity index (χ1v) is 15.5. The fourth-order valence-corrected chi connectivity index (χ4v) is 6.51. The van der Waals surface area contributed by atoms with Crippen molar-refractivity contribution in [3.05, 3.63) is 47.1 Å². The van der Waals surface area contributed by atoms with Gasteiger partial charge in [0.25, 0.3) is 0 Å². The van der Waals surface area contributed by atoms with Crippen LogP contribution in [0.1, 0.15) is 103 Å². The smallest absolute Gasteiger partial charge is 0.473 e. The maximum absolute atomic E-state index is 13.6. The second kappa shape index (κ2) is 13.4. The van der Waals surface area contributed by atoms with Crippen LogP contribution < -0.4 is 4.74 Å². The van der Waals surface area contributed by atoms with Crippen molar-refractivity contribution in [3.63, 3.8) is 0 Å². The normalized spacial score (nSPS) is 22.3. The molecule has 0 amide bonds. The topological polar surface area (TPSA) is 102 Å². The SMILES string of the molecule is C=C(C)[C@@H]1CCC(C)=C[C@H]1c1c(O)cc(CCCCC)cc1OC(=O)C(OP(=O)(O)OC(C)C)C1CCC1. The van der Waals surface area contributed by atoms with Gasteiger partial charge in [-0.05, 0) is 95.8 Å². The third-order valence-electron chi connectivity index (χ3n) is 7.57. The molecule has 1 aromatic carbocycles. The highest BCUT2D eigenvalue weighted by atomic mass is 31.2. The van der Waals surface area contributed by atoms with Gasteiger partial charge in [-0.15, -0.1) is 0 Å². The Balaban J connectivity index is 2.00. The molecule has 0 radical (unpaired) electrons. The number of hydrogen-bond donors (Lipinski definition) is 2. The van der Waals surface area contributed by atoms with Crippen LogP contribution in [0.25, 0.3) is 0 Å². The highest BCUT2D eigenvalue weighted by molar-refractivity contribution is 7.47. The third-order valence-corrected chi connectivity index (χ3v) is 8.76. The van der Waals surface area contributed by atoms with Crippen molar-refractivity contribution in [2.75, 3.05) is 0 Å². The minimum atomic E-state index is -4.47. The molecule has 2 aliphatic carbocycles. The summed E-state index contributed by atoms with van der Waals surface area (Å²) in [6, 6.07) is 3.60. The lowest BCUT2D eigenvalue weighted by Crippen LogP contribution is -2.39. The molecule has 8 heteroatoms. The van der Waals surface area contributed by atoms with Crippen LogP contribution in [-0.2, 0) is 24.8 Å². The molecule has 4 atom stereocenters. The standard InChI is InChI=1S/C30H45O7P/c1-7-8-9-11-22-17-26(31)28(25-16-21(6)14-15-24(25)19(2)3)27(18-22)35-30(32)29(23-12-10-13-23)37-38(33,34)36-20(4)5/h16-18,20,23-25,29,31H,2,7-15H2,1,3-6H3,(H,33,34)/t24-,25+,29?/m0/s1. The van der Waals surface area contributed by atoms with Crippen molar-refractivity contribution < 1.29 is 33.1 Å². The zero-order valence-corrected chi connectivity index (χ0v) is 24.5. The van der Waals surface area contributed by atoms with Crippen LogP contribution in [-0.4, -0.2) is 28.2 Å². The number of phenolic OH excluding ortho intramolecular Hbond substituents is 1. The van der Waals surface area contributed by atoms with Gasteiger partial charge >= 0.3 is 13.8 Å². The quantitative estimate of drug-likeness (QED) is 0.0854. The predicted molar refractivity (Wildman–Crippen MR) is 149 cm³/mol. The highest BCUT2D eigenvalue weighted by Gasteiger charge is 2.42. The van der Waals surface area contributed by atoms with Crippen LogP contribution in [0.5, 0.6) is 11.5 Å². The van der Waals surface area contributed by atoms with Crippen LogP contribution in [0.3, 0.4) is 0 Å². The molecule has 0 spiro atoms. The summed E-state index contributed by atoms with van der Waals surface area (Å²) in [5.74, 6) is -0.737. The number of phenols is 1. The molecule has 1 fully saturated rings. The van der Waals surface area contributed by atoms with Gasteiger partial charge in [-0.25, -0.2) is 9.36 Å². The molecule has 0 saturated heterocycles. The number of carbonyl (C=O) groups is 1. The van der Waals surface area contributed by atoms with Crippen molar-refractivity contribution in [2.45, 2.75) is 111 Å². The minimum Gasteiger partial charge on any atom is -0.507 e. The van der Waals surface area contributed by atoms with Crippen molar-refractivity contribution in [1.82, 2.24) is 0 Å². The van der Waals surface area contributed by atoms with E-state index >= 15 is 0 Å². The summed E-state index contributed by atoms with van der Waals surface area (Å²) in [4.78, 5) is 23.8. The number of phosphoric ester groups is 1. The Morgan fingerprint density at radius 2 is 1.89 bits per heavy atom. The molecule has 2 N–H and O–H groups in total. The molecular formula is C30H45O7P. The van der Waals surface area contributed by atoms with Crippen molar-refractivity contribution in [1.29, 1.82) is 0 Å². The molecule has 2 aliphatic rings. The Morgan fingerprint density at radius 1 is 1.18 bits per heavy atom. The number of hydrogen-bond acceptors (Lipinski definition) is 6. The molecule has 38 heavy (non-hydrogen) atoms. The molecule has 1 aromatic rings. The molecular weight excluding hydrogens is 503 g/mol. The molecule has 0 heterocycles. The van der Waals surface area contributed by atoms with Gasteiger partial charge in [0.1, 0.15) is 11.5 Å². The highest BCUT2D eigenvalue weighted by Crippen LogP contribution is 2.50. The maximum atomic E-state index is 13.6. The molecule has 2 unspecified atom stereocenters. The van der Waals surface area contributed by atoms with E-state index in [0.717, 1.165) is 56.1 Å². The lowest BCUT2D eigenvalue weighted by molar-refractivity contribution is -0.148. The third kappa shape index (κ3) is 8.05. The fraction of sp³-hybridized carbons (Fsp3) is 0.633. The second-order valence-corrected chi connectivity index (χ2v) is 12.6. The zero-order chi connectivity index (χ0) is 28.0. The number of rotatable bonds is 13. The lowest BCUT2D eigenvalue weighted by Gasteiger charge is -2.34. The Morgan fingerprint density at radius 3 is 2.47 bits per heavy atom.